The monoisotopic (exact) mass is 437 g/mol. The maximum atomic E-state index is 11.6. The number of carbonyl (C=O) groups is 1. The normalized spacial score (nSPS) is 24.3. The highest BCUT2D eigenvalue weighted by Crippen LogP contribution is 2.27. The van der Waals surface area contributed by atoms with E-state index in [9.17, 15) is 4.79 Å². The number of aromatic nitrogens is 2. The quantitative estimate of drug-likeness (QED) is 0.752. The number of rotatable bonds is 5. The lowest BCUT2D eigenvalue weighted by atomic mass is 9.88. The molecule has 3 fully saturated rings. The molecule has 172 valence electrons. The third kappa shape index (κ3) is 4.52. The zero-order valence-corrected chi connectivity index (χ0v) is 19.1. The third-order valence-corrected chi connectivity index (χ3v) is 7.42. The van der Waals surface area contributed by atoms with E-state index >= 15 is 0 Å². The molecule has 0 aromatic carbocycles. The maximum absolute atomic E-state index is 11.6. The molecule has 2 aliphatic heterocycles. The minimum atomic E-state index is -0.0972. The van der Waals surface area contributed by atoms with Crippen molar-refractivity contribution in [1.82, 2.24) is 24.7 Å². The molecule has 2 aromatic heterocycles. The van der Waals surface area contributed by atoms with Crippen LogP contribution < -0.4 is 10.2 Å². The van der Waals surface area contributed by atoms with Gasteiger partial charge in [0.05, 0.1) is 17.4 Å². The predicted molar refractivity (Wildman–Crippen MR) is 126 cm³/mol. The molecular formula is C24H35N7O. The van der Waals surface area contributed by atoms with Gasteiger partial charge >= 0.3 is 0 Å². The van der Waals surface area contributed by atoms with Gasteiger partial charge in [0, 0.05) is 57.9 Å². The van der Waals surface area contributed by atoms with E-state index in [1.54, 1.807) is 6.20 Å². The summed E-state index contributed by atoms with van der Waals surface area (Å²) in [5.74, 6) is 0.938. The van der Waals surface area contributed by atoms with Crippen LogP contribution in [0.2, 0.25) is 0 Å². The van der Waals surface area contributed by atoms with Crippen molar-refractivity contribution < 1.29 is 4.79 Å². The Morgan fingerprint density at radius 1 is 1.19 bits per heavy atom. The molecule has 5 rings (SSSR count). The summed E-state index contributed by atoms with van der Waals surface area (Å²) in [5, 5.41) is 15.3. The number of nitrogens with one attached hydrogen (secondary N) is 2. The summed E-state index contributed by atoms with van der Waals surface area (Å²) in [7, 11) is 0. The van der Waals surface area contributed by atoms with Crippen molar-refractivity contribution in [3.8, 4) is 0 Å². The molecule has 3 aliphatic rings. The highest BCUT2D eigenvalue weighted by atomic mass is 16.2. The molecule has 0 spiro atoms. The van der Waals surface area contributed by atoms with Crippen LogP contribution in [0.5, 0.6) is 0 Å². The minimum Gasteiger partial charge on any atom is -0.309 e. The summed E-state index contributed by atoms with van der Waals surface area (Å²) in [6.45, 7) is 8.49. The highest BCUT2D eigenvalue weighted by Gasteiger charge is 2.27. The Bertz CT molecular complexity index is 980. The molecule has 8 heteroatoms. The van der Waals surface area contributed by atoms with E-state index < -0.39 is 0 Å². The van der Waals surface area contributed by atoms with E-state index in [0.717, 1.165) is 43.3 Å². The lowest BCUT2D eigenvalue weighted by molar-refractivity contribution is -0.119. The van der Waals surface area contributed by atoms with E-state index in [1.807, 2.05) is 15.6 Å². The number of anilines is 1. The fraction of sp³-hybridized carbons (Fsp3) is 0.625. The van der Waals surface area contributed by atoms with E-state index in [1.165, 1.54) is 44.2 Å². The van der Waals surface area contributed by atoms with Gasteiger partial charge in [-0.2, -0.15) is 5.10 Å². The number of piperazine rings is 1. The summed E-state index contributed by atoms with van der Waals surface area (Å²) in [4.78, 5) is 18.7. The lowest BCUT2D eigenvalue weighted by Crippen LogP contribution is -2.52. The molecule has 0 radical (unpaired) electrons. The zero-order chi connectivity index (χ0) is 22.1. The Morgan fingerprint density at radius 3 is 2.81 bits per heavy atom. The van der Waals surface area contributed by atoms with Crippen molar-refractivity contribution in [3.63, 3.8) is 0 Å². The van der Waals surface area contributed by atoms with Crippen molar-refractivity contribution in [1.29, 1.82) is 5.41 Å². The third-order valence-electron chi connectivity index (χ3n) is 7.42. The molecule has 1 saturated carbocycles. The molecule has 1 amide bonds. The summed E-state index contributed by atoms with van der Waals surface area (Å²) in [6, 6.07) is 4.87. The molecule has 2 aromatic rings. The van der Waals surface area contributed by atoms with Gasteiger partial charge in [-0.25, -0.2) is 4.52 Å². The average molecular weight is 438 g/mol. The number of pyridine rings is 1. The van der Waals surface area contributed by atoms with Crippen LogP contribution in [0.25, 0.3) is 5.52 Å². The molecule has 32 heavy (non-hydrogen) atoms. The first-order chi connectivity index (χ1) is 15.6. The van der Waals surface area contributed by atoms with Crippen molar-refractivity contribution in [3.05, 3.63) is 30.1 Å². The van der Waals surface area contributed by atoms with Gasteiger partial charge in [0.2, 0.25) is 11.9 Å². The van der Waals surface area contributed by atoms with Crippen molar-refractivity contribution >= 4 is 23.1 Å². The smallest absolute Gasteiger partial charge is 0.228 e. The van der Waals surface area contributed by atoms with Crippen LogP contribution in [0, 0.1) is 11.3 Å². The Balaban J connectivity index is 1.24. The molecule has 2 saturated heterocycles. The van der Waals surface area contributed by atoms with Crippen LogP contribution in [0.1, 0.15) is 51.0 Å². The molecule has 2 N–H and O–H groups in total. The van der Waals surface area contributed by atoms with Gasteiger partial charge in [-0.15, -0.1) is 0 Å². The minimum absolute atomic E-state index is 0.0972. The molecule has 4 heterocycles. The van der Waals surface area contributed by atoms with Gasteiger partial charge in [0.25, 0.3) is 0 Å². The Labute approximate surface area is 190 Å². The van der Waals surface area contributed by atoms with Crippen LogP contribution in [-0.2, 0) is 11.3 Å². The van der Waals surface area contributed by atoms with E-state index in [0.29, 0.717) is 19.0 Å². The average Bonchev–Trinajstić information content (AvgIpc) is 3.19. The summed E-state index contributed by atoms with van der Waals surface area (Å²) in [6.07, 6.45) is 11.3. The van der Waals surface area contributed by atoms with E-state index in [4.69, 9.17) is 5.41 Å². The van der Waals surface area contributed by atoms with Gasteiger partial charge in [-0.1, -0.05) is 19.3 Å². The number of carbonyl (C=O) groups excluding carboxylic acids is 1. The highest BCUT2D eigenvalue weighted by molar-refractivity contribution is 6.08. The fourth-order valence-electron chi connectivity index (χ4n) is 5.59. The summed E-state index contributed by atoms with van der Waals surface area (Å²) < 4.78 is 1.86. The number of hydrogen-bond acceptors (Lipinski definition) is 5. The van der Waals surface area contributed by atoms with Crippen LogP contribution in [0.3, 0.4) is 0 Å². The molecule has 1 atom stereocenters. The number of hydrogen-bond donors (Lipinski definition) is 2. The molecule has 0 bridgehead atoms. The summed E-state index contributed by atoms with van der Waals surface area (Å²) >= 11 is 0. The van der Waals surface area contributed by atoms with Crippen LogP contribution >= 0.6 is 0 Å². The van der Waals surface area contributed by atoms with Gasteiger partial charge in [0.1, 0.15) is 0 Å². The number of fused-ring (bicyclic) bond motifs is 1. The maximum Gasteiger partial charge on any atom is 0.228 e. The van der Waals surface area contributed by atoms with Crippen LogP contribution in [0.4, 0.5) is 5.69 Å². The second kappa shape index (κ2) is 9.19. The first kappa shape index (κ1) is 21.4. The number of guanidine groups is 1. The lowest BCUT2D eigenvalue weighted by Gasteiger charge is -2.41. The number of nitrogens with zero attached hydrogens (tertiary/aromatic N) is 5. The van der Waals surface area contributed by atoms with Gasteiger partial charge in [-0.05, 0) is 43.4 Å². The molecular weight excluding hydrogens is 402 g/mol. The van der Waals surface area contributed by atoms with Gasteiger partial charge < -0.3 is 9.80 Å². The van der Waals surface area contributed by atoms with Crippen molar-refractivity contribution in [2.45, 2.75) is 58.0 Å². The fourth-order valence-corrected chi connectivity index (χ4v) is 5.59. The second-order valence-corrected chi connectivity index (χ2v) is 9.78. The first-order valence-corrected chi connectivity index (χ1v) is 12.2. The SMILES string of the molecule is C[C@@H]1CN(CC2CCCCC2)CCN1Cc1ccn2ncc(N3CCC(=O)NC3=N)c2c1. The van der Waals surface area contributed by atoms with Gasteiger partial charge in [-0.3, -0.25) is 20.4 Å². The first-order valence-electron chi connectivity index (χ1n) is 12.2. The molecule has 1 aliphatic carbocycles. The number of amides is 1. The van der Waals surface area contributed by atoms with Crippen molar-refractivity contribution in [2.75, 3.05) is 37.6 Å². The van der Waals surface area contributed by atoms with Crippen LogP contribution in [-0.4, -0.2) is 70.0 Å². The predicted octanol–water partition coefficient (Wildman–Crippen LogP) is 2.68. The topological polar surface area (TPSA) is 80.0 Å². The molecule has 0 unspecified atom stereocenters. The van der Waals surface area contributed by atoms with Gasteiger partial charge in [0.15, 0.2) is 0 Å². The van der Waals surface area contributed by atoms with E-state index in [2.05, 4.69) is 39.3 Å². The van der Waals surface area contributed by atoms with Crippen LogP contribution in [0.15, 0.2) is 24.5 Å². The summed E-state index contributed by atoms with van der Waals surface area (Å²) in [5.41, 5.74) is 3.12. The Morgan fingerprint density at radius 2 is 2.03 bits per heavy atom. The Kier molecular flexibility index (Phi) is 6.15. The second-order valence-electron chi connectivity index (χ2n) is 9.78. The standard InChI is InChI=1S/C24H35N7O/c1-18-15-28(16-19-5-3-2-4-6-19)11-12-29(18)17-20-7-10-31-21(13-20)22(14-26-31)30-9-8-23(32)27-24(30)25/h7,10,13-14,18-19H,2-6,8-9,11-12,15-17H2,1H3,(H2,25,27,32)/t18-/m1/s1. The van der Waals surface area contributed by atoms with E-state index in [-0.39, 0.29) is 11.9 Å². The zero-order valence-electron chi connectivity index (χ0n) is 19.1. The largest absolute Gasteiger partial charge is 0.309 e. The van der Waals surface area contributed by atoms with Crippen molar-refractivity contribution in [2.24, 2.45) is 5.92 Å². The molecule has 8 nitrogen and oxygen atoms in total. The Hall–Kier alpha value is -2.45.